The third-order valence-electron chi connectivity index (χ3n) is 5.00. The highest BCUT2D eigenvalue weighted by Gasteiger charge is 2.24. The quantitative estimate of drug-likeness (QED) is 0.456. The Kier molecular flexibility index (Phi) is 4.64. The van der Waals surface area contributed by atoms with E-state index in [1.54, 1.807) is 24.3 Å². The Morgan fingerprint density at radius 3 is 1.35 bits per heavy atom. The Labute approximate surface area is 154 Å². The number of aryl methyl sites for hydroxylation is 4. The van der Waals surface area contributed by atoms with Crippen LogP contribution in [0.3, 0.4) is 0 Å². The molecular weight excluding hydrogens is 322 g/mol. The molecule has 134 valence electrons. The van der Waals surface area contributed by atoms with Crippen LogP contribution in [0.4, 0.5) is 5.69 Å². The van der Waals surface area contributed by atoms with Crippen molar-refractivity contribution >= 4 is 5.69 Å². The summed E-state index contributed by atoms with van der Waals surface area (Å²) in [5, 5.41) is 19.9. The lowest BCUT2D eigenvalue weighted by molar-refractivity contribution is 0.474. The van der Waals surface area contributed by atoms with Crippen LogP contribution in [-0.2, 0) is 0 Å². The lowest BCUT2D eigenvalue weighted by atomic mass is 9.77. The fourth-order valence-electron chi connectivity index (χ4n) is 3.98. The van der Waals surface area contributed by atoms with Gasteiger partial charge in [0.05, 0.1) is 0 Å². The molecule has 3 rings (SSSR count). The predicted molar refractivity (Wildman–Crippen MR) is 107 cm³/mol. The molecule has 3 aromatic carbocycles. The highest BCUT2D eigenvalue weighted by molar-refractivity contribution is 5.57. The molecule has 3 aromatic rings. The van der Waals surface area contributed by atoms with Gasteiger partial charge < -0.3 is 15.9 Å². The van der Waals surface area contributed by atoms with E-state index < -0.39 is 0 Å². The fourth-order valence-corrected chi connectivity index (χ4v) is 3.98. The Balaban J connectivity index is 2.34. The van der Waals surface area contributed by atoms with Crippen molar-refractivity contribution < 1.29 is 10.2 Å². The highest BCUT2D eigenvalue weighted by atomic mass is 16.3. The summed E-state index contributed by atoms with van der Waals surface area (Å²) in [5.74, 6) is 0.551. The van der Waals surface area contributed by atoms with Gasteiger partial charge in [-0.3, -0.25) is 0 Å². The molecule has 26 heavy (non-hydrogen) atoms. The molecule has 0 atom stereocenters. The topological polar surface area (TPSA) is 66.5 Å². The number of rotatable bonds is 3. The molecule has 0 spiro atoms. The minimum Gasteiger partial charge on any atom is -0.508 e. The first-order chi connectivity index (χ1) is 12.3. The van der Waals surface area contributed by atoms with Crippen LogP contribution >= 0.6 is 0 Å². The van der Waals surface area contributed by atoms with Crippen molar-refractivity contribution in [3.63, 3.8) is 0 Å². The number of nitrogens with two attached hydrogens (primary N) is 1. The first kappa shape index (κ1) is 17.9. The van der Waals surface area contributed by atoms with Gasteiger partial charge in [0.1, 0.15) is 11.5 Å². The van der Waals surface area contributed by atoms with Crippen LogP contribution in [0.15, 0.2) is 48.5 Å². The first-order valence-corrected chi connectivity index (χ1v) is 8.73. The van der Waals surface area contributed by atoms with Crippen LogP contribution in [0.1, 0.15) is 44.9 Å². The lowest BCUT2D eigenvalue weighted by Gasteiger charge is -2.26. The zero-order valence-corrected chi connectivity index (χ0v) is 15.7. The molecule has 0 aliphatic rings. The van der Waals surface area contributed by atoms with Crippen LogP contribution in [0.25, 0.3) is 0 Å². The van der Waals surface area contributed by atoms with E-state index in [1.165, 1.54) is 11.1 Å². The summed E-state index contributed by atoms with van der Waals surface area (Å²) in [4.78, 5) is 0. The SMILES string of the molecule is Cc1cc(O)cc(C)c1C(c1ccc(N)cc1)c1c(C)cc(O)cc1C. The molecule has 0 aliphatic heterocycles. The van der Waals surface area contributed by atoms with Gasteiger partial charge in [0.15, 0.2) is 0 Å². The number of hydrogen-bond acceptors (Lipinski definition) is 3. The van der Waals surface area contributed by atoms with Gasteiger partial charge >= 0.3 is 0 Å². The van der Waals surface area contributed by atoms with Crippen molar-refractivity contribution in [2.75, 3.05) is 5.73 Å². The van der Waals surface area contributed by atoms with E-state index in [4.69, 9.17) is 5.73 Å². The number of anilines is 1. The Hall–Kier alpha value is -2.94. The van der Waals surface area contributed by atoms with Crippen LogP contribution in [-0.4, -0.2) is 10.2 Å². The summed E-state index contributed by atoms with van der Waals surface area (Å²) in [6, 6.07) is 15.1. The lowest BCUT2D eigenvalue weighted by Crippen LogP contribution is -2.11. The van der Waals surface area contributed by atoms with Crippen LogP contribution in [0, 0.1) is 27.7 Å². The standard InChI is InChI=1S/C23H25NO2/c1-13-9-19(25)10-14(2)21(13)23(17-5-7-18(24)8-6-17)22-15(3)11-20(26)12-16(22)4/h5-12,23,25-26H,24H2,1-4H3. The van der Waals surface area contributed by atoms with Gasteiger partial charge in [-0.05, 0) is 103 Å². The molecule has 0 radical (unpaired) electrons. The minimum absolute atomic E-state index is 0.00296. The number of benzene rings is 3. The second kappa shape index (κ2) is 6.75. The molecule has 0 unspecified atom stereocenters. The maximum Gasteiger partial charge on any atom is 0.116 e. The van der Waals surface area contributed by atoms with Gasteiger partial charge in [0.25, 0.3) is 0 Å². The van der Waals surface area contributed by atoms with Crippen molar-refractivity contribution in [2.24, 2.45) is 0 Å². The second-order valence-corrected chi connectivity index (χ2v) is 7.09. The predicted octanol–water partition coefficient (Wildman–Crippen LogP) is 5.09. The normalized spacial score (nSPS) is 11.1. The van der Waals surface area contributed by atoms with E-state index in [1.807, 2.05) is 39.8 Å². The van der Waals surface area contributed by atoms with Gasteiger partial charge in [-0.1, -0.05) is 12.1 Å². The third kappa shape index (κ3) is 3.25. The summed E-state index contributed by atoms with van der Waals surface area (Å²) >= 11 is 0. The van der Waals surface area contributed by atoms with E-state index in [0.717, 1.165) is 33.5 Å². The zero-order chi connectivity index (χ0) is 19.0. The average molecular weight is 347 g/mol. The van der Waals surface area contributed by atoms with E-state index in [0.29, 0.717) is 0 Å². The monoisotopic (exact) mass is 347 g/mol. The number of phenolic OH excluding ortho intramolecular Hbond substituents is 2. The molecule has 3 nitrogen and oxygen atoms in total. The maximum atomic E-state index is 9.97. The number of aromatic hydroxyl groups is 2. The van der Waals surface area contributed by atoms with E-state index in [2.05, 4.69) is 12.1 Å². The van der Waals surface area contributed by atoms with Gasteiger partial charge in [-0.25, -0.2) is 0 Å². The van der Waals surface area contributed by atoms with Gasteiger partial charge in [-0.15, -0.1) is 0 Å². The summed E-state index contributed by atoms with van der Waals surface area (Å²) < 4.78 is 0. The second-order valence-electron chi connectivity index (χ2n) is 7.09. The average Bonchev–Trinajstić information content (AvgIpc) is 2.52. The van der Waals surface area contributed by atoms with Crippen molar-refractivity contribution in [1.82, 2.24) is 0 Å². The summed E-state index contributed by atoms with van der Waals surface area (Å²) in [5.41, 5.74) is 14.3. The van der Waals surface area contributed by atoms with Crippen LogP contribution < -0.4 is 5.73 Å². The first-order valence-electron chi connectivity index (χ1n) is 8.73. The molecule has 0 amide bonds. The number of phenols is 2. The summed E-state index contributed by atoms with van der Waals surface area (Å²) in [6.07, 6.45) is 0. The zero-order valence-electron chi connectivity index (χ0n) is 15.7. The van der Waals surface area contributed by atoms with Crippen molar-refractivity contribution in [3.8, 4) is 11.5 Å². The number of nitrogen functional groups attached to an aromatic ring is 1. The summed E-state index contributed by atoms with van der Waals surface area (Å²) in [7, 11) is 0. The third-order valence-corrected chi connectivity index (χ3v) is 5.00. The minimum atomic E-state index is -0.00296. The molecule has 3 heteroatoms. The van der Waals surface area contributed by atoms with E-state index in [-0.39, 0.29) is 17.4 Å². The largest absolute Gasteiger partial charge is 0.508 e. The highest BCUT2D eigenvalue weighted by Crippen LogP contribution is 2.41. The Morgan fingerprint density at radius 2 is 1.00 bits per heavy atom. The van der Waals surface area contributed by atoms with Gasteiger partial charge in [0.2, 0.25) is 0 Å². The molecule has 0 aromatic heterocycles. The van der Waals surface area contributed by atoms with Crippen molar-refractivity contribution in [1.29, 1.82) is 0 Å². The van der Waals surface area contributed by atoms with Crippen LogP contribution in [0.2, 0.25) is 0 Å². The van der Waals surface area contributed by atoms with E-state index >= 15 is 0 Å². The molecule has 0 saturated heterocycles. The van der Waals surface area contributed by atoms with E-state index in [9.17, 15) is 10.2 Å². The van der Waals surface area contributed by atoms with Crippen LogP contribution in [0.5, 0.6) is 11.5 Å². The number of hydrogen-bond donors (Lipinski definition) is 3. The van der Waals surface area contributed by atoms with Gasteiger partial charge in [0, 0.05) is 11.6 Å². The molecule has 4 N–H and O–H groups in total. The molecule has 0 saturated carbocycles. The van der Waals surface area contributed by atoms with Crippen molar-refractivity contribution in [2.45, 2.75) is 33.6 Å². The Morgan fingerprint density at radius 1 is 0.654 bits per heavy atom. The molecule has 0 heterocycles. The fraction of sp³-hybridized carbons (Fsp3) is 0.217. The Bertz CT molecular complexity index is 855. The maximum absolute atomic E-state index is 9.97. The molecule has 0 fully saturated rings. The molecular formula is C23H25NO2. The van der Waals surface area contributed by atoms with Gasteiger partial charge in [-0.2, -0.15) is 0 Å². The molecule has 0 aliphatic carbocycles. The molecule has 0 bridgehead atoms. The summed E-state index contributed by atoms with van der Waals surface area (Å²) in [6.45, 7) is 8.10. The smallest absolute Gasteiger partial charge is 0.116 e. The van der Waals surface area contributed by atoms with Crippen molar-refractivity contribution in [3.05, 3.63) is 87.5 Å².